The molecular weight excluding hydrogens is 438 g/mol. The second-order valence-electron chi connectivity index (χ2n) is 9.25. The number of hydrogen-bond acceptors (Lipinski definition) is 3. The molecule has 5 aromatic rings. The minimum atomic E-state index is -2.72. The van der Waals surface area contributed by atoms with Crippen molar-refractivity contribution < 1.29 is 4.43 Å². The molecule has 0 saturated carbocycles. The summed E-state index contributed by atoms with van der Waals surface area (Å²) in [7, 11) is -2.72. The van der Waals surface area contributed by atoms with Crippen molar-refractivity contribution in [3.05, 3.63) is 109 Å². The zero-order valence-corrected chi connectivity index (χ0v) is 21.0. The predicted molar refractivity (Wildman–Crippen MR) is 143 cm³/mol. The fourth-order valence-corrected chi connectivity index (χ4v) is 9.97. The third-order valence-corrected chi connectivity index (χ3v) is 12.1. The van der Waals surface area contributed by atoms with E-state index in [1.165, 1.54) is 15.1 Å². The summed E-state index contributed by atoms with van der Waals surface area (Å²) in [4.78, 5) is 4.94. The first-order chi connectivity index (χ1) is 16.0. The van der Waals surface area contributed by atoms with E-state index in [0.29, 0.717) is 0 Å². The molecular formula is C29H27NOSSi. The van der Waals surface area contributed by atoms with Gasteiger partial charge in [-0.25, -0.2) is 4.98 Å². The lowest BCUT2D eigenvalue weighted by Gasteiger charge is -2.43. The molecule has 0 aliphatic carbocycles. The maximum Gasteiger partial charge on any atom is 0.319 e. The number of hydrogen-bond donors (Lipinski definition) is 0. The monoisotopic (exact) mass is 465 g/mol. The van der Waals surface area contributed by atoms with Crippen LogP contribution in [0.15, 0.2) is 109 Å². The molecule has 4 heteroatoms. The van der Waals surface area contributed by atoms with Crippen LogP contribution in [0.3, 0.4) is 0 Å². The third kappa shape index (κ3) is 3.90. The van der Waals surface area contributed by atoms with Gasteiger partial charge in [0.25, 0.3) is 0 Å². The van der Waals surface area contributed by atoms with Crippen molar-refractivity contribution in [2.45, 2.75) is 25.8 Å². The molecule has 1 heterocycles. The summed E-state index contributed by atoms with van der Waals surface area (Å²) >= 11 is 1.71. The topological polar surface area (TPSA) is 22.1 Å². The summed E-state index contributed by atoms with van der Waals surface area (Å²) in [6.07, 6.45) is 0. The lowest BCUT2D eigenvalue weighted by Crippen LogP contribution is -2.68. The van der Waals surface area contributed by atoms with Crippen LogP contribution >= 0.6 is 11.3 Å². The van der Waals surface area contributed by atoms with E-state index in [1.807, 2.05) is 6.07 Å². The number of thiazole rings is 1. The normalized spacial score (nSPS) is 12.1. The number of fused-ring (bicyclic) bond motifs is 1. The molecule has 164 valence electrons. The number of nitrogens with zero attached hydrogens (tertiary/aromatic N) is 1. The zero-order chi connectivity index (χ0) is 22.9. The average molecular weight is 466 g/mol. The fourth-order valence-electron chi connectivity index (χ4n) is 4.53. The summed E-state index contributed by atoms with van der Waals surface area (Å²) in [5.41, 5.74) is 2.07. The van der Waals surface area contributed by atoms with E-state index in [4.69, 9.17) is 9.41 Å². The lowest BCUT2D eigenvalue weighted by atomic mass is 10.2. The zero-order valence-electron chi connectivity index (χ0n) is 19.2. The van der Waals surface area contributed by atoms with Gasteiger partial charge < -0.3 is 4.43 Å². The molecule has 0 aliphatic heterocycles. The van der Waals surface area contributed by atoms with E-state index in [1.54, 1.807) is 11.3 Å². The van der Waals surface area contributed by atoms with Crippen LogP contribution in [-0.4, -0.2) is 13.3 Å². The van der Waals surface area contributed by atoms with Crippen molar-refractivity contribution in [1.82, 2.24) is 4.98 Å². The Morgan fingerprint density at radius 2 is 1.21 bits per heavy atom. The average Bonchev–Trinajstić information content (AvgIpc) is 3.27. The molecule has 0 fully saturated rings. The summed E-state index contributed by atoms with van der Waals surface area (Å²) in [6.45, 7) is 6.92. The maximum absolute atomic E-state index is 7.33. The Hall–Kier alpha value is -3.21. The quantitative estimate of drug-likeness (QED) is 0.263. The third-order valence-electron chi connectivity index (χ3n) is 6.09. The molecule has 0 aliphatic rings. The highest BCUT2D eigenvalue weighted by molar-refractivity contribution is 7.21. The SMILES string of the molecule is CC(C)(C)[Si](Oc1ccccc1-c1nc2ccccc2s1)(c1ccccc1)c1ccccc1. The van der Waals surface area contributed by atoms with Crippen LogP contribution in [0.4, 0.5) is 0 Å². The van der Waals surface area contributed by atoms with E-state index in [2.05, 4.69) is 124 Å². The molecule has 2 nitrogen and oxygen atoms in total. The lowest BCUT2D eigenvalue weighted by molar-refractivity contribution is 0.509. The van der Waals surface area contributed by atoms with E-state index in [9.17, 15) is 0 Å². The Balaban J connectivity index is 1.72. The standard InChI is InChI=1S/C29H27NOSSi/c1-29(2,3)33(22-14-6-4-7-15-22,23-16-8-5-9-17-23)31-26-20-12-10-18-24(26)28-30-25-19-11-13-21-27(25)32-28/h4-21H,1-3H3. The number of aromatic nitrogens is 1. The van der Waals surface area contributed by atoms with Gasteiger partial charge in [0, 0.05) is 0 Å². The van der Waals surface area contributed by atoms with Crippen molar-refractivity contribution in [2.75, 3.05) is 0 Å². The van der Waals surface area contributed by atoms with Gasteiger partial charge in [-0.05, 0) is 39.7 Å². The van der Waals surface area contributed by atoms with Gasteiger partial charge in [-0.3, -0.25) is 0 Å². The van der Waals surface area contributed by atoms with Crippen LogP contribution in [0, 0.1) is 0 Å². The molecule has 0 amide bonds. The predicted octanol–water partition coefficient (Wildman–Crippen LogP) is 6.90. The van der Waals surface area contributed by atoms with Crippen LogP contribution in [0.25, 0.3) is 20.8 Å². The summed E-state index contributed by atoms with van der Waals surface area (Å²) < 4.78 is 8.51. The summed E-state index contributed by atoms with van der Waals surface area (Å²) in [6, 6.07) is 38.2. The molecule has 0 atom stereocenters. The van der Waals surface area contributed by atoms with Crippen molar-refractivity contribution >= 4 is 40.2 Å². The Labute approximate surface area is 200 Å². The van der Waals surface area contributed by atoms with Crippen molar-refractivity contribution in [2.24, 2.45) is 0 Å². The van der Waals surface area contributed by atoms with Crippen molar-refractivity contribution in [1.29, 1.82) is 0 Å². The Bertz CT molecular complexity index is 1300. The molecule has 0 bridgehead atoms. The van der Waals surface area contributed by atoms with E-state index in [-0.39, 0.29) is 5.04 Å². The number of para-hydroxylation sites is 2. The first-order valence-electron chi connectivity index (χ1n) is 11.2. The van der Waals surface area contributed by atoms with Crippen LogP contribution < -0.4 is 14.8 Å². The van der Waals surface area contributed by atoms with Gasteiger partial charge >= 0.3 is 8.32 Å². The summed E-state index contributed by atoms with van der Waals surface area (Å²) in [5, 5.41) is 3.42. The molecule has 0 radical (unpaired) electrons. The maximum atomic E-state index is 7.33. The molecule has 0 N–H and O–H groups in total. The van der Waals surface area contributed by atoms with Crippen molar-refractivity contribution in [3.8, 4) is 16.3 Å². The van der Waals surface area contributed by atoms with Gasteiger partial charge in [0.2, 0.25) is 0 Å². The van der Waals surface area contributed by atoms with Crippen LogP contribution in [0.5, 0.6) is 5.75 Å². The minimum Gasteiger partial charge on any atom is -0.533 e. The second kappa shape index (κ2) is 8.62. The Kier molecular flexibility index (Phi) is 5.65. The largest absolute Gasteiger partial charge is 0.533 e. The highest BCUT2D eigenvalue weighted by Crippen LogP contribution is 2.41. The second-order valence-corrected chi connectivity index (χ2v) is 14.5. The molecule has 0 saturated heterocycles. The fraction of sp³-hybridized carbons (Fsp3) is 0.138. The first-order valence-corrected chi connectivity index (χ1v) is 14.0. The van der Waals surface area contributed by atoms with Crippen LogP contribution in [0.1, 0.15) is 20.8 Å². The highest BCUT2D eigenvalue weighted by Gasteiger charge is 2.52. The molecule has 5 rings (SSSR count). The molecule has 0 spiro atoms. The number of benzene rings is 4. The summed E-state index contributed by atoms with van der Waals surface area (Å²) in [5.74, 6) is 0.894. The number of rotatable bonds is 5. The van der Waals surface area contributed by atoms with Crippen LogP contribution in [-0.2, 0) is 0 Å². The van der Waals surface area contributed by atoms with Gasteiger partial charge in [0.15, 0.2) is 0 Å². The first kappa shape index (κ1) is 21.6. The molecule has 33 heavy (non-hydrogen) atoms. The van der Waals surface area contributed by atoms with E-state index < -0.39 is 8.32 Å². The van der Waals surface area contributed by atoms with Crippen LogP contribution in [0.2, 0.25) is 5.04 Å². The van der Waals surface area contributed by atoms with Gasteiger partial charge in [-0.15, -0.1) is 11.3 Å². The molecule has 0 unspecified atom stereocenters. The molecule has 4 aromatic carbocycles. The van der Waals surface area contributed by atoms with Crippen molar-refractivity contribution in [3.63, 3.8) is 0 Å². The van der Waals surface area contributed by atoms with Gasteiger partial charge in [-0.1, -0.05) is 106 Å². The Morgan fingerprint density at radius 3 is 1.82 bits per heavy atom. The smallest absolute Gasteiger partial charge is 0.319 e. The van der Waals surface area contributed by atoms with Gasteiger partial charge in [-0.2, -0.15) is 0 Å². The van der Waals surface area contributed by atoms with Gasteiger partial charge in [0.05, 0.1) is 15.8 Å². The Morgan fingerprint density at radius 1 is 0.667 bits per heavy atom. The highest BCUT2D eigenvalue weighted by atomic mass is 32.1. The van der Waals surface area contributed by atoms with Gasteiger partial charge in [0.1, 0.15) is 10.8 Å². The van der Waals surface area contributed by atoms with E-state index in [0.717, 1.165) is 21.8 Å². The van der Waals surface area contributed by atoms with E-state index >= 15 is 0 Å². The minimum absolute atomic E-state index is 0.101. The molecule has 1 aromatic heterocycles.